The van der Waals surface area contributed by atoms with E-state index in [2.05, 4.69) is 20.5 Å². The molecule has 1 amide bonds. The number of benzene rings is 1. The highest BCUT2D eigenvalue weighted by Crippen LogP contribution is 2.31. The highest BCUT2D eigenvalue weighted by molar-refractivity contribution is 5.89. The fraction of sp³-hybridized carbons (Fsp3) is 0.438. The van der Waals surface area contributed by atoms with E-state index in [1.165, 1.54) is 6.07 Å². The standard InChI is InChI=1S/C16H19FN4O2/c17-12-7-3-2-6-11(12)14-19-15(21-20-14)18-13(22)10-16(23)8-4-1-5-9-16/h2-3,6-7,23H,1,4-5,8-10H2,(H2,18,19,20,21,22). The van der Waals surface area contributed by atoms with E-state index in [1.54, 1.807) is 18.2 Å². The van der Waals surface area contributed by atoms with Gasteiger partial charge in [-0.3, -0.25) is 15.2 Å². The molecule has 0 aliphatic heterocycles. The molecule has 1 aromatic heterocycles. The van der Waals surface area contributed by atoms with Gasteiger partial charge in [-0.15, -0.1) is 5.10 Å². The summed E-state index contributed by atoms with van der Waals surface area (Å²) in [5, 5.41) is 19.4. The molecular weight excluding hydrogens is 299 g/mol. The number of halogens is 1. The number of nitrogens with zero attached hydrogens (tertiary/aromatic N) is 2. The van der Waals surface area contributed by atoms with E-state index in [0.29, 0.717) is 12.8 Å². The Morgan fingerprint density at radius 2 is 2.04 bits per heavy atom. The van der Waals surface area contributed by atoms with Crippen LogP contribution in [0.3, 0.4) is 0 Å². The summed E-state index contributed by atoms with van der Waals surface area (Å²) in [7, 11) is 0. The van der Waals surface area contributed by atoms with Crippen molar-refractivity contribution in [2.24, 2.45) is 0 Å². The number of hydrogen-bond acceptors (Lipinski definition) is 4. The van der Waals surface area contributed by atoms with Crippen LogP contribution < -0.4 is 5.32 Å². The van der Waals surface area contributed by atoms with Crippen LogP contribution in [0.1, 0.15) is 38.5 Å². The van der Waals surface area contributed by atoms with Crippen LogP contribution in [0.5, 0.6) is 0 Å². The number of hydrogen-bond donors (Lipinski definition) is 3. The van der Waals surface area contributed by atoms with Crippen LogP contribution in [-0.2, 0) is 4.79 Å². The maximum absolute atomic E-state index is 13.7. The molecule has 2 aromatic rings. The third-order valence-corrected chi connectivity index (χ3v) is 4.14. The number of amides is 1. The molecule has 0 atom stereocenters. The van der Waals surface area contributed by atoms with Crippen LogP contribution >= 0.6 is 0 Å². The molecule has 1 aliphatic carbocycles. The van der Waals surface area contributed by atoms with E-state index in [-0.39, 0.29) is 29.7 Å². The van der Waals surface area contributed by atoms with Gasteiger partial charge in [-0.2, -0.15) is 4.98 Å². The van der Waals surface area contributed by atoms with Crippen molar-refractivity contribution in [1.29, 1.82) is 0 Å². The predicted octanol–water partition coefficient (Wildman–Crippen LogP) is 2.63. The van der Waals surface area contributed by atoms with Crippen LogP contribution in [0.15, 0.2) is 24.3 Å². The van der Waals surface area contributed by atoms with Gasteiger partial charge in [-0.05, 0) is 25.0 Å². The summed E-state index contributed by atoms with van der Waals surface area (Å²) in [6, 6.07) is 6.18. The number of rotatable bonds is 4. The van der Waals surface area contributed by atoms with E-state index in [0.717, 1.165) is 19.3 Å². The summed E-state index contributed by atoms with van der Waals surface area (Å²) in [6.45, 7) is 0. The van der Waals surface area contributed by atoms with Crippen molar-refractivity contribution >= 4 is 11.9 Å². The van der Waals surface area contributed by atoms with Gasteiger partial charge in [-0.25, -0.2) is 4.39 Å². The minimum absolute atomic E-state index is 0.0244. The van der Waals surface area contributed by atoms with Gasteiger partial charge in [0, 0.05) is 0 Å². The van der Waals surface area contributed by atoms with Crippen molar-refractivity contribution < 1.29 is 14.3 Å². The van der Waals surface area contributed by atoms with Gasteiger partial charge >= 0.3 is 0 Å². The van der Waals surface area contributed by atoms with E-state index in [4.69, 9.17) is 0 Å². The Kier molecular flexibility index (Phi) is 4.38. The number of nitrogens with one attached hydrogen (secondary N) is 2. The maximum Gasteiger partial charge on any atom is 0.249 e. The number of aliphatic hydroxyl groups is 1. The molecule has 1 heterocycles. The Bertz CT molecular complexity index is 695. The molecular formula is C16H19FN4O2. The van der Waals surface area contributed by atoms with Gasteiger partial charge in [-0.1, -0.05) is 31.4 Å². The maximum atomic E-state index is 13.7. The lowest BCUT2D eigenvalue weighted by molar-refractivity contribution is -0.122. The average Bonchev–Trinajstić information content (AvgIpc) is 2.96. The Labute approximate surface area is 133 Å². The number of anilines is 1. The van der Waals surface area contributed by atoms with Crippen molar-refractivity contribution in [2.75, 3.05) is 5.32 Å². The molecule has 7 heteroatoms. The number of carbonyl (C=O) groups is 1. The summed E-state index contributed by atoms with van der Waals surface area (Å²) in [5.41, 5.74) is -0.654. The quantitative estimate of drug-likeness (QED) is 0.808. The van der Waals surface area contributed by atoms with Gasteiger partial charge in [0.05, 0.1) is 17.6 Å². The van der Waals surface area contributed by atoms with Crippen molar-refractivity contribution in [2.45, 2.75) is 44.1 Å². The molecule has 0 spiro atoms. The minimum Gasteiger partial charge on any atom is -0.389 e. The number of aromatic nitrogens is 3. The summed E-state index contributed by atoms with van der Waals surface area (Å²) >= 11 is 0. The van der Waals surface area contributed by atoms with Gasteiger partial charge in [0.2, 0.25) is 11.9 Å². The monoisotopic (exact) mass is 318 g/mol. The molecule has 3 rings (SSSR count). The third-order valence-electron chi connectivity index (χ3n) is 4.14. The molecule has 0 saturated heterocycles. The van der Waals surface area contributed by atoms with E-state index in [1.807, 2.05) is 0 Å². The first kappa shape index (κ1) is 15.6. The van der Waals surface area contributed by atoms with Crippen molar-refractivity contribution in [3.63, 3.8) is 0 Å². The highest BCUT2D eigenvalue weighted by atomic mass is 19.1. The van der Waals surface area contributed by atoms with Crippen molar-refractivity contribution in [3.05, 3.63) is 30.1 Å². The molecule has 23 heavy (non-hydrogen) atoms. The zero-order valence-electron chi connectivity index (χ0n) is 12.7. The molecule has 6 nitrogen and oxygen atoms in total. The fourth-order valence-electron chi connectivity index (χ4n) is 2.95. The number of H-pyrrole nitrogens is 1. The SMILES string of the molecule is O=C(CC1(O)CCCCC1)Nc1n[nH]c(-c2ccccc2F)n1. The smallest absolute Gasteiger partial charge is 0.249 e. The lowest BCUT2D eigenvalue weighted by Gasteiger charge is -2.31. The zero-order chi connectivity index (χ0) is 16.3. The Hall–Kier alpha value is -2.28. The van der Waals surface area contributed by atoms with Gasteiger partial charge < -0.3 is 5.11 Å². The van der Waals surface area contributed by atoms with E-state index >= 15 is 0 Å². The van der Waals surface area contributed by atoms with E-state index < -0.39 is 11.4 Å². The second-order valence-corrected chi connectivity index (χ2v) is 6.00. The van der Waals surface area contributed by atoms with Gasteiger partial charge in [0.25, 0.3) is 0 Å². The Morgan fingerprint density at radius 3 is 2.78 bits per heavy atom. The molecule has 0 unspecified atom stereocenters. The summed E-state index contributed by atoms with van der Waals surface area (Å²) in [5.74, 6) is -0.436. The minimum atomic E-state index is -0.937. The van der Waals surface area contributed by atoms with Crippen LogP contribution in [0, 0.1) is 5.82 Å². The average molecular weight is 318 g/mol. The molecule has 1 aliphatic rings. The second-order valence-electron chi connectivity index (χ2n) is 6.00. The Balaban J connectivity index is 1.65. The summed E-state index contributed by atoms with van der Waals surface area (Å²) in [6.07, 6.45) is 4.25. The fourth-order valence-corrected chi connectivity index (χ4v) is 2.95. The largest absolute Gasteiger partial charge is 0.389 e. The topological polar surface area (TPSA) is 90.9 Å². The molecule has 1 saturated carbocycles. The van der Waals surface area contributed by atoms with Crippen LogP contribution in [0.25, 0.3) is 11.4 Å². The number of carbonyl (C=O) groups excluding carboxylic acids is 1. The van der Waals surface area contributed by atoms with Gasteiger partial charge in [0.15, 0.2) is 5.82 Å². The lowest BCUT2D eigenvalue weighted by atomic mass is 9.82. The highest BCUT2D eigenvalue weighted by Gasteiger charge is 2.32. The first-order chi connectivity index (χ1) is 11.1. The summed E-state index contributed by atoms with van der Waals surface area (Å²) in [4.78, 5) is 16.1. The summed E-state index contributed by atoms with van der Waals surface area (Å²) < 4.78 is 13.7. The molecule has 0 bridgehead atoms. The first-order valence-corrected chi connectivity index (χ1v) is 7.75. The zero-order valence-corrected chi connectivity index (χ0v) is 12.7. The van der Waals surface area contributed by atoms with Crippen LogP contribution in [0.2, 0.25) is 0 Å². The normalized spacial score (nSPS) is 17.0. The van der Waals surface area contributed by atoms with Crippen molar-refractivity contribution in [3.8, 4) is 11.4 Å². The molecule has 3 N–H and O–H groups in total. The van der Waals surface area contributed by atoms with Gasteiger partial charge in [0.1, 0.15) is 5.82 Å². The first-order valence-electron chi connectivity index (χ1n) is 7.75. The third kappa shape index (κ3) is 3.73. The Morgan fingerprint density at radius 1 is 1.30 bits per heavy atom. The second kappa shape index (κ2) is 6.45. The molecule has 0 radical (unpaired) electrons. The van der Waals surface area contributed by atoms with Crippen LogP contribution in [-0.4, -0.2) is 31.8 Å². The molecule has 122 valence electrons. The van der Waals surface area contributed by atoms with Crippen LogP contribution in [0.4, 0.5) is 10.3 Å². The molecule has 1 aromatic carbocycles. The number of aromatic amines is 1. The van der Waals surface area contributed by atoms with E-state index in [9.17, 15) is 14.3 Å². The predicted molar refractivity (Wildman–Crippen MR) is 83.1 cm³/mol. The lowest BCUT2D eigenvalue weighted by Crippen LogP contribution is -2.36. The van der Waals surface area contributed by atoms with Crippen molar-refractivity contribution in [1.82, 2.24) is 15.2 Å². The molecule has 1 fully saturated rings.